The summed E-state index contributed by atoms with van der Waals surface area (Å²) in [5.74, 6) is 0. The van der Waals surface area contributed by atoms with E-state index in [1.807, 2.05) is 26.1 Å². The van der Waals surface area contributed by atoms with Crippen molar-refractivity contribution in [1.82, 2.24) is 14.6 Å². The molecule has 2 aromatic rings. The minimum Gasteiger partial charge on any atom is -0.320 e. The van der Waals surface area contributed by atoms with Crippen LogP contribution < -0.4 is 5.32 Å². The predicted octanol–water partition coefficient (Wildman–Crippen LogP) is 1.77. The Morgan fingerprint density at radius 1 is 1.33 bits per heavy atom. The quantitative estimate of drug-likeness (QED) is 0.826. The second kappa shape index (κ2) is 6.51. The van der Waals surface area contributed by atoms with Crippen LogP contribution in [0.2, 0.25) is 0 Å². The number of benzene rings is 1. The highest BCUT2D eigenvalue weighted by Gasteiger charge is 2.23. The second-order valence-corrected chi connectivity index (χ2v) is 7.14. The molecule has 0 fully saturated rings. The van der Waals surface area contributed by atoms with Crippen molar-refractivity contribution < 1.29 is 8.42 Å². The summed E-state index contributed by atoms with van der Waals surface area (Å²) in [7, 11) is -0.0541. The van der Waals surface area contributed by atoms with Crippen LogP contribution in [0.25, 0.3) is 10.9 Å². The molecular formula is C15H21N3O2S. The van der Waals surface area contributed by atoms with Crippen molar-refractivity contribution in [1.29, 1.82) is 0 Å². The smallest absolute Gasteiger partial charge is 0.244 e. The van der Waals surface area contributed by atoms with Gasteiger partial charge in [0.15, 0.2) is 0 Å². The normalized spacial score (nSPS) is 12.2. The number of aromatic nitrogens is 1. The zero-order valence-electron chi connectivity index (χ0n) is 12.6. The largest absolute Gasteiger partial charge is 0.320 e. The van der Waals surface area contributed by atoms with Crippen molar-refractivity contribution >= 4 is 20.9 Å². The third-order valence-corrected chi connectivity index (χ3v) is 5.29. The molecule has 0 saturated heterocycles. The number of nitrogens with one attached hydrogen (secondary N) is 1. The molecule has 0 atom stereocenters. The molecule has 21 heavy (non-hydrogen) atoms. The first-order valence-electron chi connectivity index (χ1n) is 6.93. The summed E-state index contributed by atoms with van der Waals surface area (Å²) in [6.07, 6.45) is 2.46. The summed E-state index contributed by atoms with van der Waals surface area (Å²) >= 11 is 0. The number of rotatable bonds is 6. The fraction of sp³-hybridized carbons (Fsp3) is 0.400. The highest BCUT2D eigenvalue weighted by molar-refractivity contribution is 7.89. The third-order valence-electron chi connectivity index (χ3n) is 3.40. The second-order valence-electron chi connectivity index (χ2n) is 5.12. The number of pyridine rings is 1. The third kappa shape index (κ3) is 3.40. The van der Waals surface area contributed by atoms with Gasteiger partial charge in [-0.3, -0.25) is 4.98 Å². The summed E-state index contributed by atoms with van der Waals surface area (Å²) in [5, 5.41) is 3.86. The highest BCUT2D eigenvalue weighted by atomic mass is 32.2. The summed E-state index contributed by atoms with van der Waals surface area (Å²) in [5.41, 5.74) is 1.54. The zero-order valence-corrected chi connectivity index (χ0v) is 13.4. The van der Waals surface area contributed by atoms with Crippen LogP contribution in [0.4, 0.5) is 0 Å². The van der Waals surface area contributed by atoms with Gasteiger partial charge in [-0.25, -0.2) is 12.7 Å². The van der Waals surface area contributed by atoms with Crippen molar-refractivity contribution in [3.8, 4) is 0 Å². The molecule has 114 valence electrons. The van der Waals surface area contributed by atoms with Crippen LogP contribution >= 0.6 is 0 Å². The number of fused-ring (bicyclic) bond motifs is 1. The molecule has 1 heterocycles. The topological polar surface area (TPSA) is 62.3 Å². The van der Waals surface area contributed by atoms with Gasteiger partial charge in [0.05, 0.1) is 5.52 Å². The van der Waals surface area contributed by atoms with E-state index in [2.05, 4.69) is 10.3 Å². The number of hydrogen-bond acceptors (Lipinski definition) is 4. The standard InChI is InChI=1S/C15H21N3O2S/c1-12-10-13-6-4-7-14(15(13)17-11-12)21(19,20)18(3)9-5-8-16-2/h4,6-7,10-11,16H,5,8-9H2,1-3H3. The van der Waals surface area contributed by atoms with Gasteiger partial charge in [-0.15, -0.1) is 0 Å². The Kier molecular flexibility index (Phi) is 4.92. The minimum absolute atomic E-state index is 0.270. The molecule has 6 heteroatoms. The summed E-state index contributed by atoms with van der Waals surface area (Å²) in [4.78, 5) is 4.58. The Hall–Kier alpha value is -1.50. The van der Waals surface area contributed by atoms with Crippen LogP contribution in [0.5, 0.6) is 0 Å². The van der Waals surface area contributed by atoms with E-state index in [-0.39, 0.29) is 4.90 Å². The molecule has 0 spiro atoms. The SMILES string of the molecule is CNCCCN(C)S(=O)(=O)c1cccc2cc(C)cnc12. The number of aryl methyl sites for hydroxylation is 1. The van der Waals surface area contributed by atoms with E-state index in [4.69, 9.17) is 0 Å². The van der Waals surface area contributed by atoms with Crippen molar-refractivity contribution in [2.24, 2.45) is 0 Å². The molecule has 0 saturated carbocycles. The van der Waals surface area contributed by atoms with E-state index in [9.17, 15) is 8.42 Å². The lowest BCUT2D eigenvalue weighted by Gasteiger charge is -2.18. The van der Waals surface area contributed by atoms with Crippen LogP contribution in [0.1, 0.15) is 12.0 Å². The van der Waals surface area contributed by atoms with Gasteiger partial charge in [-0.2, -0.15) is 0 Å². The molecule has 2 rings (SSSR count). The molecule has 0 aliphatic heterocycles. The monoisotopic (exact) mass is 307 g/mol. The van der Waals surface area contributed by atoms with E-state index >= 15 is 0 Å². The molecule has 0 radical (unpaired) electrons. The van der Waals surface area contributed by atoms with Crippen LogP contribution in [0, 0.1) is 6.92 Å². The van der Waals surface area contributed by atoms with Gasteiger partial charge in [0, 0.05) is 25.2 Å². The van der Waals surface area contributed by atoms with Gasteiger partial charge < -0.3 is 5.32 Å². The molecule has 1 aromatic heterocycles. The molecule has 0 unspecified atom stereocenters. The molecule has 0 aliphatic rings. The lowest BCUT2D eigenvalue weighted by molar-refractivity contribution is 0.458. The van der Waals surface area contributed by atoms with E-state index in [1.165, 1.54) is 4.31 Å². The lowest BCUT2D eigenvalue weighted by Crippen LogP contribution is -2.29. The van der Waals surface area contributed by atoms with Gasteiger partial charge in [0.1, 0.15) is 4.90 Å². The molecule has 1 N–H and O–H groups in total. The first-order chi connectivity index (χ1) is 9.96. The molecule has 5 nitrogen and oxygen atoms in total. The molecule has 0 aliphatic carbocycles. The maximum absolute atomic E-state index is 12.7. The number of para-hydroxylation sites is 1. The van der Waals surface area contributed by atoms with Gasteiger partial charge >= 0.3 is 0 Å². The van der Waals surface area contributed by atoms with Crippen LogP contribution in [0.15, 0.2) is 35.4 Å². The van der Waals surface area contributed by atoms with Crippen LogP contribution in [0.3, 0.4) is 0 Å². The summed E-state index contributed by atoms with van der Waals surface area (Å²) in [6.45, 7) is 3.20. The van der Waals surface area contributed by atoms with E-state index in [0.29, 0.717) is 12.1 Å². The van der Waals surface area contributed by atoms with E-state index in [1.54, 1.807) is 25.4 Å². The lowest BCUT2D eigenvalue weighted by atomic mass is 10.2. The summed E-state index contributed by atoms with van der Waals surface area (Å²) < 4.78 is 26.8. The number of nitrogens with zero attached hydrogens (tertiary/aromatic N) is 2. The van der Waals surface area contributed by atoms with Gasteiger partial charge in [-0.05, 0) is 44.6 Å². The van der Waals surface area contributed by atoms with Crippen molar-refractivity contribution in [3.05, 3.63) is 36.0 Å². The Balaban J connectivity index is 2.40. The molecule has 0 amide bonds. The van der Waals surface area contributed by atoms with Crippen molar-refractivity contribution in [2.75, 3.05) is 27.2 Å². The molecule has 1 aromatic carbocycles. The predicted molar refractivity (Wildman–Crippen MR) is 84.8 cm³/mol. The Morgan fingerprint density at radius 3 is 2.81 bits per heavy atom. The first kappa shape index (κ1) is 15.9. The fourth-order valence-electron chi connectivity index (χ4n) is 2.22. The van der Waals surface area contributed by atoms with E-state index in [0.717, 1.165) is 23.9 Å². The Labute approximate surface area is 126 Å². The summed E-state index contributed by atoms with van der Waals surface area (Å²) in [6, 6.07) is 7.21. The Morgan fingerprint density at radius 2 is 2.10 bits per heavy atom. The minimum atomic E-state index is -3.52. The van der Waals surface area contributed by atoms with Crippen molar-refractivity contribution in [2.45, 2.75) is 18.2 Å². The maximum Gasteiger partial charge on any atom is 0.244 e. The van der Waals surface area contributed by atoms with Crippen LogP contribution in [-0.4, -0.2) is 44.9 Å². The maximum atomic E-state index is 12.7. The van der Waals surface area contributed by atoms with Gasteiger partial charge in [0.2, 0.25) is 10.0 Å². The number of sulfonamides is 1. The fourth-order valence-corrected chi connectivity index (χ4v) is 3.59. The molecule has 0 bridgehead atoms. The van der Waals surface area contributed by atoms with Crippen molar-refractivity contribution in [3.63, 3.8) is 0 Å². The van der Waals surface area contributed by atoms with Gasteiger partial charge in [-0.1, -0.05) is 12.1 Å². The van der Waals surface area contributed by atoms with Gasteiger partial charge in [0.25, 0.3) is 0 Å². The number of hydrogen-bond donors (Lipinski definition) is 1. The average molecular weight is 307 g/mol. The average Bonchev–Trinajstić information content (AvgIpc) is 2.46. The zero-order chi connectivity index (χ0) is 15.5. The Bertz CT molecular complexity index is 729. The first-order valence-corrected chi connectivity index (χ1v) is 8.37. The molecular weight excluding hydrogens is 286 g/mol. The highest BCUT2D eigenvalue weighted by Crippen LogP contribution is 2.24. The van der Waals surface area contributed by atoms with E-state index < -0.39 is 10.0 Å². The van der Waals surface area contributed by atoms with Crippen LogP contribution in [-0.2, 0) is 10.0 Å².